The van der Waals surface area contributed by atoms with Crippen LogP contribution in [0, 0.1) is 0 Å². The molecule has 0 fully saturated rings. The van der Waals surface area contributed by atoms with Gasteiger partial charge in [-0.15, -0.1) is 0 Å². The van der Waals surface area contributed by atoms with Crippen molar-refractivity contribution in [2.75, 3.05) is 13.2 Å². The molecule has 140 valence electrons. The number of rotatable bonds is 8. The zero-order valence-corrected chi connectivity index (χ0v) is 15.8. The third-order valence-corrected chi connectivity index (χ3v) is 5.84. The fourth-order valence-corrected chi connectivity index (χ4v) is 3.93. The predicted octanol–water partition coefficient (Wildman–Crippen LogP) is 3.54. The monoisotopic (exact) mass is 375 g/mol. The molecule has 1 aliphatic heterocycles. The Hall–Kier alpha value is -2.05. The van der Waals surface area contributed by atoms with Crippen LogP contribution in [0.2, 0.25) is 0 Å². The second kappa shape index (κ2) is 8.56. The highest BCUT2D eigenvalue weighted by molar-refractivity contribution is 7.89. The van der Waals surface area contributed by atoms with Gasteiger partial charge in [0.15, 0.2) is 0 Å². The average molecular weight is 375 g/mol. The van der Waals surface area contributed by atoms with Crippen LogP contribution in [0.15, 0.2) is 53.4 Å². The number of benzene rings is 2. The second-order valence-corrected chi connectivity index (χ2v) is 8.18. The lowest BCUT2D eigenvalue weighted by Gasteiger charge is -2.26. The summed E-state index contributed by atoms with van der Waals surface area (Å²) in [6, 6.07) is 14.4. The summed E-state index contributed by atoms with van der Waals surface area (Å²) in [5.41, 5.74) is 1.17. The molecule has 0 spiro atoms. The molecule has 6 heteroatoms. The van der Waals surface area contributed by atoms with Crippen molar-refractivity contribution in [3.8, 4) is 11.5 Å². The molecule has 1 aliphatic rings. The zero-order valence-electron chi connectivity index (χ0n) is 15.0. The Morgan fingerprint density at radius 2 is 1.92 bits per heavy atom. The molecule has 1 heterocycles. The second-order valence-electron chi connectivity index (χ2n) is 6.41. The summed E-state index contributed by atoms with van der Waals surface area (Å²) in [6.07, 6.45) is 3.57. The Morgan fingerprint density at radius 1 is 1.15 bits per heavy atom. The molecule has 0 aliphatic carbocycles. The molecule has 1 atom stereocenters. The molecule has 2 aromatic rings. The number of unbranched alkanes of at least 4 members (excludes halogenated alkanes) is 1. The highest BCUT2D eigenvalue weighted by atomic mass is 32.2. The van der Waals surface area contributed by atoms with E-state index in [1.54, 1.807) is 24.3 Å². The van der Waals surface area contributed by atoms with E-state index in [0.29, 0.717) is 12.4 Å². The quantitative estimate of drug-likeness (QED) is 0.717. The summed E-state index contributed by atoms with van der Waals surface area (Å²) < 4.78 is 39.1. The van der Waals surface area contributed by atoms with Gasteiger partial charge in [-0.2, -0.15) is 0 Å². The van der Waals surface area contributed by atoms with Gasteiger partial charge in [0.1, 0.15) is 17.6 Å². The summed E-state index contributed by atoms with van der Waals surface area (Å²) in [5.74, 6) is 1.53. The first-order valence-corrected chi connectivity index (χ1v) is 10.5. The Bertz CT molecular complexity index is 818. The average Bonchev–Trinajstić information content (AvgIpc) is 2.67. The first-order chi connectivity index (χ1) is 12.6. The van der Waals surface area contributed by atoms with Crippen molar-refractivity contribution >= 4 is 10.0 Å². The van der Waals surface area contributed by atoms with Crippen molar-refractivity contribution in [3.05, 3.63) is 54.1 Å². The molecule has 1 unspecified atom stereocenters. The van der Waals surface area contributed by atoms with E-state index in [9.17, 15) is 8.42 Å². The molecular weight excluding hydrogens is 350 g/mol. The molecule has 0 aromatic heterocycles. The van der Waals surface area contributed by atoms with Gasteiger partial charge in [0, 0.05) is 6.54 Å². The van der Waals surface area contributed by atoms with Crippen LogP contribution in [-0.4, -0.2) is 27.7 Å². The van der Waals surface area contributed by atoms with Crippen LogP contribution in [0.3, 0.4) is 0 Å². The zero-order chi connectivity index (χ0) is 18.4. The van der Waals surface area contributed by atoms with E-state index >= 15 is 0 Å². The molecule has 1 N–H and O–H groups in total. The molecular formula is C20H25NO4S. The van der Waals surface area contributed by atoms with Crippen LogP contribution in [0.1, 0.15) is 31.7 Å². The highest BCUT2D eigenvalue weighted by Gasteiger charge is 2.22. The van der Waals surface area contributed by atoms with E-state index < -0.39 is 10.0 Å². The minimum absolute atomic E-state index is 0.156. The van der Waals surface area contributed by atoms with Gasteiger partial charge in [-0.3, -0.25) is 0 Å². The van der Waals surface area contributed by atoms with Crippen LogP contribution in [-0.2, 0) is 16.4 Å². The minimum atomic E-state index is -3.56. The van der Waals surface area contributed by atoms with Gasteiger partial charge in [-0.1, -0.05) is 31.5 Å². The Labute approximate surface area is 155 Å². The molecule has 5 nitrogen and oxygen atoms in total. The number of para-hydroxylation sites is 1. The maximum absolute atomic E-state index is 12.5. The SMILES string of the molecule is CCCCOc1ccc(S(=O)(=O)NCC2CCc3ccccc3O2)cc1. The molecule has 0 saturated heterocycles. The molecule has 0 bridgehead atoms. The summed E-state index contributed by atoms with van der Waals surface area (Å²) in [5, 5.41) is 0. The first kappa shape index (κ1) is 18.7. The number of aryl methyl sites for hydroxylation is 1. The number of ether oxygens (including phenoxy) is 2. The lowest BCUT2D eigenvalue weighted by Crippen LogP contribution is -2.37. The van der Waals surface area contributed by atoms with Gasteiger partial charge in [0.2, 0.25) is 10.0 Å². The number of fused-ring (bicyclic) bond motifs is 1. The van der Waals surface area contributed by atoms with Gasteiger partial charge < -0.3 is 9.47 Å². The van der Waals surface area contributed by atoms with Gasteiger partial charge in [0.25, 0.3) is 0 Å². The van der Waals surface area contributed by atoms with Crippen LogP contribution in [0.5, 0.6) is 11.5 Å². The van der Waals surface area contributed by atoms with Crippen LogP contribution >= 0.6 is 0 Å². The topological polar surface area (TPSA) is 64.6 Å². The van der Waals surface area contributed by atoms with Gasteiger partial charge >= 0.3 is 0 Å². The van der Waals surface area contributed by atoms with Crippen molar-refractivity contribution in [1.82, 2.24) is 4.72 Å². The predicted molar refractivity (Wildman–Crippen MR) is 101 cm³/mol. The lowest BCUT2D eigenvalue weighted by atomic mass is 10.0. The summed E-state index contributed by atoms with van der Waals surface area (Å²) in [6.45, 7) is 2.99. The van der Waals surface area contributed by atoms with Crippen LogP contribution in [0.4, 0.5) is 0 Å². The molecule has 0 amide bonds. The third kappa shape index (κ3) is 4.77. The standard InChI is InChI=1S/C20H25NO4S/c1-2-3-14-24-17-10-12-19(13-11-17)26(22,23)21-15-18-9-8-16-6-4-5-7-20(16)25-18/h4-7,10-13,18,21H,2-3,8-9,14-15H2,1H3. The van der Waals surface area contributed by atoms with Crippen molar-refractivity contribution < 1.29 is 17.9 Å². The van der Waals surface area contributed by atoms with Crippen molar-refractivity contribution in [2.24, 2.45) is 0 Å². The highest BCUT2D eigenvalue weighted by Crippen LogP contribution is 2.27. The molecule has 26 heavy (non-hydrogen) atoms. The Balaban J connectivity index is 1.56. The van der Waals surface area contributed by atoms with E-state index in [-0.39, 0.29) is 17.5 Å². The number of hydrogen-bond donors (Lipinski definition) is 1. The van der Waals surface area contributed by atoms with Crippen molar-refractivity contribution in [3.63, 3.8) is 0 Å². The maximum atomic E-state index is 12.5. The van der Waals surface area contributed by atoms with Gasteiger partial charge in [0.05, 0.1) is 11.5 Å². The summed E-state index contributed by atoms with van der Waals surface area (Å²) >= 11 is 0. The van der Waals surface area contributed by atoms with Crippen LogP contribution in [0.25, 0.3) is 0 Å². The molecule has 3 rings (SSSR count). The Kier molecular flexibility index (Phi) is 6.16. The first-order valence-electron chi connectivity index (χ1n) is 9.05. The van der Waals surface area contributed by atoms with Gasteiger partial charge in [-0.05, 0) is 55.2 Å². The normalized spacial score (nSPS) is 16.6. The smallest absolute Gasteiger partial charge is 0.240 e. The molecule has 0 saturated carbocycles. The summed E-state index contributed by atoms with van der Waals surface area (Å²) in [4.78, 5) is 0.233. The van der Waals surface area contributed by atoms with E-state index in [0.717, 1.165) is 31.4 Å². The van der Waals surface area contributed by atoms with E-state index in [2.05, 4.69) is 11.6 Å². The van der Waals surface area contributed by atoms with Crippen molar-refractivity contribution in [2.45, 2.75) is 43.6 Å². The molecule has 0 radical (unpaired) electrons. The Morgan fingerprint density at radius 3 is 2.69 bits per heavy atom. The van der Waals surface area contributed by atoms with Gasteiger partial charge in [-0.25, -0.2) is 13.1 Å². The van der Waals surface area contributed by atoms with Crippen molar-refractivity contribution in [1.29, 1.82) is 0 Å². The fourth-order valence-electron chi connectivity index (χ4n) is 2.86. The maximum Gasteiger partial charge on any atom is 0.240 e. The van der Waals surface area contributed by atoms with E-state index in [1.165, 1.54) is 5.56 Å². The fraction of sp³-hybridized carbons (Fsp3) is 0.400. The minimum Gasteiger partial charge on any atom is -0.494 e. The van der Waals surface area contributed by atoms with E-state index in [1.807, 2.05) is 24.3 Å². The number of sulfonamides is 1. The lowest BCUT2D eigenvalue weighted by molar-refractivity contribution is 0.177. The number of nitrogens with one attached hydrogen (secondary N) is 1. The number of hydrogen-bond acceptors (Lipinski definition) is 4. The van der Waals surface area contributed by atoms with Crippen LogP contribution < -0.4 is 14.2 Å². The largest absolute Gasteiger partial charge is 0.494 e. The summed E-state index contributed by atoms with van der Waals surface area (Å²) in [7, 11) is -3.56. The third-order valence-electron chi connectivity index (χ3n) is 4.40. The molecule has 2 aromatic carbocycles. The van der Waals surface area contributed by atoms with E-state index in [4.69, 9.17) is 9.47 Å².